The highest BCUT2D eigenvalue weighted by Gasteiger charge is 2.36. The minimum Gasteiger partial charge on any atom is -0.457 e. The second-order valence-corrected chi connectivity index (χ2v) is 11.7. The van der Waals surface area contributed by atoms with Crippen LogP contribution in [0.1, 0.15) is 55.4 Å². The molecule has 0 aliphatic carbocycles. The molecule has 0 spiro atoms. The third-order valence-corrected chi connectivity index (χ3v) is 5.63. The van der Waals surface area contributed by atoms with Crippen LogP contribution in [0.4, 0.5) is 0 Å². The Morgan fingerprint density at radius 3 is 0.755 bits per heavy atom. The number of hydrogen-bond donors (Lipinski definition) is 0. The van der Waals surface area contributed by atoms with Gasteiger partial charge in [0.2, 0.25) is 0 Å². The van der Waals surface area contributed by atoms with Crippen LogP contribution in [-0.2, 0) is 77.2 Å². The van der Waals surface area contributed by atoms with Crippen LogP contribution in [0, 0.1) is 5.41 Å². The molecule has 0 radical (unpaired) electrons. The van der Waals surface area contributed by atoms with Gasteiger partial charge in [0.15, 0.2) is 0 Å². The van der Waals surface area contributed by atoms with Crippen LogP contribution in [-0.4, -0.2) is 101 Å². The van der Waals surface area contributed by atoms with Crippen molar-refractivity contribution in [2.75, 3.05) is 52.9 Å². The third kappa shape index (κ3) is 22.0. The van der Waals surface area contributed by atoms with Gasteiger partial charge in [0.25, 0.3) is 0 Å². The number of ether oxygens (including phenoxy) is 4. The van der Waals surface area contributed by atoms with Crippen molar-refractivity contribution in [3.05, 3.63) is 48.6 Å². The average Bonchev–Trinajstić information content (AvgIpc) is 3.01. The molecule has 0 heterocycles. The molecule has 0 saturated carbocycles. The predicted molar refractivity (Wildman–Crippen MR) is 172 cm³/mol. The van der Waals surface area contributed by atoms with Crippen molar-refractivity contribution in [3.63, 3.8) is 0 Å². The minimum absolute atomic E-state index is 0.149. The normalized spacial score (nSPS) is 14.7. The zero-order chi connectivity index (χ0) is 37.6. The van der Waals surface area contributed by atoms with Crippen LogP contribution in [0.25, 0.3) is 0 Å². The van der Waals surface area contributed by atoms with Gasteiger partial charge in [-0.2, -0.15) is 0 Å². The SMILES string of the molecule is C=C(C)C(=O)OC(C)COOCC(COOCC(C)OC(=O)C(=C)C)(COOCC(C)OC(=O)C(=C)C)COOCC(C)OC(=O)C(=C)C. The third-order valence-electron chi connectivity index (χ3n) is 5.63. The molecular weight excluding hydrogens is 652 g/mol. The molecule has 0 amide bonds. The molecule has 0 bridgehead atoms. The van der Waals surface area contributed by atoms with E-state index in [4.69, 9.17) is 58.0 Å². The molecule has 0 aromatic heterocycles. The zero-order valence-electron chi connectivity index (χ0n) is 29.8. The maximum Gasteiger partial charge on any atom is 0.333 e. The first-order valence-electron chi connectivity index (χ1n) is 15.3. The largest absolute Gasteiger partial charge is 0.457 e. The minimum atomic E-state index is -1.29. The maximum atomic E-state index is 11.8. The van der Waals surface area contributed by atoms with E-state index in [0.29, 0.717) is 0 Å². The van der Waals surface area contributed by atoms with E-state index in [-0.39, 0.29) is 75.1 Å². The number of rotatable bonds is 28. The van der Waals surface area contributed by atoms with E-state index < -0.39 is 53.7 Å². The second-order valence-electron chi connectivity index (χ2n) is 11.7. The van der Waals surface area contributed by atoms with E-state index in [2.05, 4.69) is 26.3 Å². The van der Waals surface area contributed by atoms with Crippen molar-refractivity contribution >= 4 is 23.9 Å². The highest BCUT2D eigenvalue weighted by atomic mass is 17.2. The number of esters is 4. The van der Waals surface area contributed by atoms with Crippen LogP contribution < -0.4 is 0 Å². The van der Waals surface area contributed by atoms with Gasteiger partial charge < -0.3 is 18.9 Å². The molecule has 280 valence electrons. The van der Waals surface area contributed by atoms with Crippen molar-refractivity contribution in [3.8, 4) is 0 Å². The fraction of sp³-hybridized carbons (Fsp3) is 0.636. The van der Waals surface area contributed by atoms with Gasteiger partial charge in [-0.05, 0) is 55.4 Å². The quantitative estimate of drug-likeness (QED) is 0.0286. The summed E-state index contributed by atoms with van der Waals surface area (Å²) in [6.45, 7) is 24.8. The fourth-order valence-corrected chi connectivity index (χ4v) is 2.76. The lowest BCUT2D eigenvalue weighted by atomic mass is 9.93. The lowest BCUT2D eigenvalue weighted by Crippen LogP contribution is -2.42. The summed E-state index contributed by atoms with van der Waals surface area (Å²) in [6, 6.07) is 0. The molecule has 4 atom stereocenters. The van der Waals surface area contributed by atoms with Crippen molar-refractivity contribution in [2.45, 2.75) is 79.8 Å². The molecule has 4 unspecified atom stereocenters. The van der Waals surface area contributed by atoms with Gasteiger partial charge in [0.05, 0.1) is 31.8 Å². The molecule has 0 aliphatic rings. The first-order chi connectivity index (χ1) is 22.9. The summed E-state index contributed by atoms with van der Waals surface area (Å²) in [7, 11) is 0. The summed E-state index contributed by atoms with van der Waals surface area (Å²) in [6.07, 6.45) is -2.75. The van der Waals surface area contributed by atoms with Crippen molar-refractivity contribution in [1.29, 1.82) is 0 Å². The van der Waals surface area contributed by atoms with Gasteiger partial charge in [-0.1, -0.05) is 26.3 Å². The molecule has 49 heavy (non-hydrogen) atoms. The monoisotopic (exact) mass is 704 g/mol. The smallest absolute Gasteiger partial charge is 0.333 e. The first-order valence-corrected chi connectivity index (χ1v) is 15.3. The number of carbonyl (C=O) groups excluding carboxylic acids is 4. The zero-order valence-corrected chi connectivity index (χ0v) is 29.8. The topological polar surface area (TPSA) is 179 Å². The van der Waals surface area contributed by atoms with E-state index in [0.717, 1.165) is 0 Å². The van der Waals surface area contributed by atoms with Gasteiger partial charge in [0, 0.05) is 22.3 Å². The molecule has 0 saturated heterocycles. The van der Waals surface area contributed by atoms with E-state index in [9.17, 15) is 19.2 Å². The van der Waals surface area contributed by atoms with Gasteiger partial charge in [-0.3, -0.25) is 0 Å². The van der Waals surface area contributed by atoms with Crippen LogP contribution in [0.3, 0.4) is 0 Å². The molecule has 0 aromatic carbocycles. The second kappa shape index (κ2) is 24.6. The van der Waals surface area contributed by atoms with Crippen molar-refractivity contribution < 1.29 is 77.2 Å². The summed E-state index contributed by atoms with van der Waals surface area (Å²) < 4.78 is 20.7. The summed E-state index contributed by atoms with van der Waals surface area (Å²) >= 11 is 0. The molecule has 0 rings (SSSR count). The number of carbonyl (C=O) groups is 4. The highest BCUT2D eigenvalue weighted by Crippen LogP contribution is 2.22. The van der Waals surface area contributed by atoms with E-state index in [1.165, 1.54) is 27.7 Å². The van der Waals surface area contributed by atoms with Gasteiger partial charge >= 0.3 is 23.9 Å². The molecule has 0 N–H and O–H groups in total. The summed E-state index contributed by atoms with van der Waals surface area (Å²) in [5, 5.41) is 0. The number of hydrogen-bond acceptors (Lipinski definition) is 16. The van der Waals surface area contributed by atoms with Crippen molar-refractivity contribution in [1.82, 2.24) is 0 Å². The summed E-state index contributed by atoms with van der Waals surface area (Å²) in [5.74, 6) is -2.38. The Morgan fingerprint density at radius 2 is 0.592 bits per heavy atom. The Bertz CT molecular complexity index is 942. The first kappa shape index (κ1) is 45.5. The molecule has 0 aromatic rings. The molecule has 16 nitrogen and oxygen atoms in total. The predicted octanol–water partition coefficient (Wildman–Crippen LogP) is 3.80. The summed E-state index contributed by atoms with van der Waals surface area (Å²) in [4.78, 5) is 90.0. The maximum absolute atomic E-state index is 11.8. The lowest BCUT2D eigenvalue weighted by molar-refractivity contribution is -0.396. The van der Waals surface area contributed by atoms with Crippen LogP contribution in [0.5, 0.6) is 0 Å². The molecular formula is C33H52O16. The Labute approximate surface area is 287 Å². The Kier molecular flexibility index (Phi) is 22.9. The van der Waals surface area contributed by atoms with E-state index in [1.54, 1.807) is 27.7 Å². The fourth-order valence-electron chi connectivity index (χ4n) is 2.76. The summed E-state index contributed by atoms with van der Waals surface area (Å²) in [5.41, 5.74) is -0.419. The van der Waals surface area contributed by atoms with Crippen LogP contribution >= 0.6 is 0 Å². The molecule has 16 heteroatoms. The Hall–Kier alpha value is -3.48. The van der Waals surface area contributed by atoms with Crippen LogP contribution in [0.2, 0.25) is 0 Å². The Balaban J connectivity index is 5.65. The van der Waals surface area contributed by atoms with Crippen molar-refractivity contribution in [2.24, 2.45) is 5.41 Å². The average molecular weight is 705 g/mol. The Morgan fingerprint density at radius 1 is 0.408 bits per heavy atom. The highest BCUT2D eigenvalue weighted by molar-refractivity contribution is 5.88. The van der Waals surface area contributed by atoms with Gasteiger partial charge in [0.1, 0.15) is 50.8 Å². The standard InChI is InChI=1S/C33H52O16/c1-21(2)29(34)46-25(9)13-38-42-17-33(18-43-39-14-26(10)47-30(35)22(3)4,19-44-40-15-27(11)48-31(36)23(5)6)20-45-41-16-28(12)49-32(37)24(7)8/h25-28H,1,3,5,7,13-20H2,2,4,6,8-12H3. The van der Waals surface area contributed by atoms with E-state index >= 15 is 0 Å². The van der Waals surface area contributed by atoms with E-state index in [1.807, 2.05) is 0 Å². The molecule has 0 aliphatic heterocycles. The lowest BCUT2D eigenvalue weighted by Gasteiger charge is -2.31. The van der Waals surface area contributed by atoms with Gasteiger partial charge in [-0.15, -0.1) is 0 Å². The molecule has 0 fully saturated rings. The van der Waals surface area contributed by atoms with Crippen LogP contribution in [0.15, 0.2) is 48.6 Å². The van der Waals surface area contributed by atoms with Gasteiger partial charge in [-0.25, -0.2) is 58.3 Å².